The van der Waals surface area contributed by atoms with Gasteiger partial charge in [-0.1, -0.05) is 48.0 Å². The molecule has 0 saturated carbocycles. The number of para-hydroxylation sites is 2. The molecule has 1 saturated heterocycles. The molecule has 2 heterocycles. The number of nitrogens with zero attached hydrogens (tertiary/aromatic N) is 3. The molecule has 9 nitrogen and oxygen atoms in total. The van der Waals surface area contributed by atoms with Gasteiger partial charge >= 0.3 is 0 Å². The minimum atomic E-state index is -0.292. The Morgan fingerprint density at radius 2 is 1.71 bits per heavy atom. The molecule has 0 radical (unpaired) electrons. The van der Waals surface area contributed by atoms with Crippen molar-refractivity contribution in [1.29, 1.82) is 0 Å². The van der Waals surface area contributed by atoms with Crippen molar-refractivity contribution in [3.8, 4) is 11.5 Å². The Balaban J connectivity index is 1.35. The molecule has 5 rings (SSSR count). The number of benzene rings is 3. The fourth-order valence-corrected chi connectivity index (χ4v) is 4.97. The SMILES string of the molecule is COc1ccccc1/C=N\N=C1\S/C(=C\c2ccccc2OCC(=O)Nc2ccc(C)cc2)C(=O)N1Cc1ccco1. The second-order valence-electron chi connectivity index (χ2n) is 9.19. The summed E-state index contributed by atoms with van der Waals surface area (Å²) in [6, 6.07) is 25.7. The van der Waals surface area contributed by atoms with E-state index in [0.717, 1.165) is 11.1 Å². The zero-order valence-electron chi connectivity index (χ0n) is 23.0. The molecule has 1 aliphatic rings. The summed E-state index contributed by atoms with van der Waals surface area (Å²) >= 11 is 1.19. The first-order chi connectivity index (χ1) is 20.5. The van der Waals surface area contributed by atoms with E-state index in [0.29, 0.717) is 38.6 Å². The highest BCUT2D eigenvalue weighted by molar-refractivity contribution is 8.18. The number of hydrogen-bond acceptors (Lipinski definition) is 8. The summed E-state index contributed by atoms with van der Waals surface area (Å²) in [6.45, 7) is 1.98. The van der Waals surface area contributed by atoms with Crippen LogP contribution in [0, 0.1) is 6.92 Å². The lowest BCUT2D eigenvalue weighted by atomic mass is 10.2. The molecule has 2 amide bonds. The van der Waals surface area contributed by atoms with Crippen LogP contribution in [0.4, 0.5) is 5.69 Å². The fraction of sp³-hybridized carbons (Fsp3) is 0.125. The number of anilines is 1. The van der Waals surface area contributed by atoms with Gasteiger partial charge in [0.25, 0.3) is 11.8 Å². The Hall–Kier alpha value is -5.09. The van der Waals surface area contributed by atoms with Crippen molar-refractivity contribution in [1.82, 2.24) is 4.90 Å². The van der Waals surface area contributed by atoms with E-state index in [2.05, 4.69) is 15.5 Å². The lowest BCUT2D eigenvalue weighted by Crippen LogP contribution is -2.28. The molecule has 0 unspecified atom stereocenters. The van der Waals surface area contributed by atoms with Crippen molar-refractivity contribution in [3.63, 3.8) is 0 Å². The highest BCUT2D eigenvalue weighted by Gasteiger charge is 2.34. The average Bonchev–Trinajstić information content (AvgIpc) is 3.62. The normalized spacial score (nSPS) is 15.1. The number of nitrogens with one attached hydrogen (secondary N) is 1. The molecule has 0 spiro atoms. The van der Waals surface area contributed by atoms with Gasteiger partial charge in [-0.15, -0.1) is 5.10 Å². The van der Waals surface area contributed by atoms with Crippen LogP contribution in [0.2, 0.25) is 0 Å². The van der Waals surface area contributed by atoms with Crippen LogP contribution in [-0.4, -0.2) is 41.8 Å². The summed E-state index contributed by atoms with van der Waals surface area (Å²) in [7, 11) is 1.59. The zero-order chi connectivity index (χ0) is 29.3. The number of amidine groups is 1. The largest absolute Gasteiger partial charge is 0.496 e. The van der Waals surface area contributed by atoms with Crippen molar-refractivity contribution in [3.05, 3.63) is 119 Å². The van der Waals surface area contributed by atoms with Crippen LogP contribution in [0.5, 0.6) is 11.5 Å². The van der Waals surface area contributed by atoms with Crippen molar-refractivity contribution in [2.75, 3.05) is 19.0 Å². The second kappa shape index (κ2) is 13.5. The molecule has 42 heavy (non-hydrogen) atoms. The number of carbonyl (C=O) groups excluding carboxylic acids is 2. The van der Waals surface area contributed by atoms with Gasteiger partial charge in [0.05, 0.1) is 31.0 Å². The van der Waals surface area contributed by atoms with Gasteiger partial charge in [-0.2, -0.15) is 5.10 Å². The van der Waals surface area contributed by atoms with Crippen LogP contribution in [0.25, 0.3) is 6.08 Å². The molecule has 212 valence electrons. The van der Waals surface area contributed by atoms with Gasteiger partial charge in [0, 0.05) is 16.8 Å². The Morgan fingerprint density at radius 1 is 0.976 bits per heavy atom. The molecule has 1 aliphatic heterocycles. The molecule has 10 heteroatoms. The first kappa shape index (κ1) is 28.4. The highest BCUT2D eigenvalue weighted by atomic mass is 32.2. The van der Waals surface area contributed by atoms with Crippen molar-refractivity contribution in [2.24, 2.45) is 10.2 Å². The maximum Gasteiger partial charge on any atom is 0.267 e. The number of furan rings is 1. The van der Waals surface area contributed by atoms with Crippen molar-refractivity contribution in [2.45, 2.75) is 13.5 Å². The topological polar surface area (TPSA) is 106 Å². The monoisotopic (exact) mass is 580 g/mol. The summed E-state index contributed by atoms with van der Waals surface area (Å²) in [5.74, 6) is 1.19. The summed E-state index contributed by atoms with van der Waals surface area (Å²) in [5, 5.41) is 11.8. The van der Waals surface area contributed by atoms with Crippen LogP contribution in [0.1, 0.15) is 22.5 Å². The molecule has 1 aromatic heterocycles. The minimum Gasteiger partial charge on any atom is -0.496 e. The van der Waals surface area contributed by atoms with Gasteiger partial charge in [0.1, 0.15) is 17.3 Å². The predicted octanol–water partition coefficient (Wildman–Crippen LogP) is 6.12. The summed E-state index contributed by atoms with van der Waals surface area (Å²) in [4.78, 5) is 28.0. The van der Waals surface area contributed by atoms with Gasteiger partial charge in [-0.25, -0.2) is 0 Å². The highest BCUT2D eigenvalue weighted by Crippen LogP contribution is 2.35. The lowest BCUT2D eigenvalue weighted by Gasteiger charge is -2.12. The van der Waals surface area contributed by atoms with Crippen LogP contribution in [-0.2, 0) is 16.1 Å². The van der Waals surface area contributed by atoms with E-state index in [9.17, 15) is 9.59 Å². The molecule has 1 fully saturated rings. The standard InChI is InChI=1S/C32H28N4O5S/c1-22-13-15-25(16-14-22)34-30(37)21-41-28-12-6-3-8-23(28)18-29-31(38)36(20-26-10-7-17-40-26)32(42-29)35-33-19-24-9-4-5-11-27(24)39-2/h3-19H,20-21H2,1-2H3,(H,34,37)/b29-18-,33-19-,35-32+. The van der Waals surface area contributed by atoms with Crippen LogP contribution in [0.15, 0.2) is 111 Å². The van der Waals surface area contributed by atoms with Gasteiger partial charge in [0.2, 0.25) is 0 Å². The van der Waals surface area contributed by atoms with Crippen molar-refractivity contribution >= 4 is 46.7 Å². The Bertz CT molecular complexity index is 1650. The number of amides is 2. The predicted molar refractivity (Wildman–Crippen MR) is 165 cm³/mol. The molecule has 0 aliphatic carbocycles. The molecular weight excluding hydrogens is 552 g/mol. The maximum absolute atomic E-state index is 13.5. The van der Waals surface area contributed by atoms with E-state index < -0.39 is 0 Å². The number of carbonyl (C=O) groups is 2. The number of ether oxygens (including phenoxy) is 2. The third kappa shape index (κ3) is 7.15. The van der Waals surface area contributed by atoms with Gasteiger partial charge < -0.3 is 19.2 Å². The van der Waals surface area contributed by atoms with Gasteiger partial charge in [-0.3, -0.25) is 14.5 Å². The smallest absolute Gasteiger partial charge is 0.267 e. The molecule has 3 aromatic carbocycles. The Kier molecular flexibility index (Phi) is 9.15. The van der Waals surface area contributed by atoms with E-state index in [-0.39, 0.29) is 25.0 Å². The van der Waals surface area contributed by atoms with Gasteiger partial charge in [-0.05, 0) is 67.2 Å². The number of thioether (sulfide) groups is 1. The van der Waals surface area contributed by atoms with E-state index in [1.54, 1.807) is 43.9 Å². The van der Waals surface area contributed by atoms with E-state index in [4.69, 9.17) is 13.9 Å². The van der Waals surface area contributed by atoms with Crippen molar-refractivity contribution < 1.29 is 23.5 Å². The average molecular weight is 581 g/mol. The first-order valence-electron chi connectivity index (χ1n) is 13.1. The summed E-state index contributed by atoms with van der Waals surface area (Å²) in [6.07, 6.45) is 4.86. The van der Waals surface area contributed by atoms with E-state index >= 15 is 0 Å². The molecule has 1 N–H and O–H groups in total. The zero-order valence-corrected chi connectivity index (χ0v) is 23.8. The summed E-state index contributed by atoms with van der Waals surface area (Å²) < 4.78 is 16.7. The van der Waals surface area contributed by atoms with Crippen LogP contribution in [0.3, 0.4) is 0 Å². The van der Waals surface area contributed by atoms with Gasteiger partial charge in [0.15, 0.2) is 11.8 Å². The minimum absolute atomic E-state index is 0.190. The number of aryl methyl sites for hydroxylation is 1. The lowest BCUT2D eigenvalue weighted by molar-refractivity contribution is -0.122. The first-order valence-corrected chi connectivity index (χ1v) is 13.9. The molecule has 0 atom stereocenters. The third-order valence-electron chi connectivity index (χ3n) is 6.16. The fourth-order valence-electron chi connectivity index (χ4n) is 4.04. The van der Waals surface area contributed by atoms with Crippen LogP contribution < -0.4 is 14.8 Å². The van der Waals surface area contributed by atoms with Crippen LogP contribution >= 0.6 is 11.8 Å². The number of methoxy groups -OCH3 is 1. The summed E-state index contributed by atoms with van der Waals surface area (Å²) in [5.41, 5.74) is 3.19. The quantitative estimate of drug-likeness (QED) is 0.138. The molecular formula is C32H28N4O5S. The van der Waals surface area contributed by atoms with E-state index in [1.165, 1.54) is 16.7 Å². The second-order valence-corrected chi connectivity index (χ2v) is 10.2. The Labute approximate surface area is 247 Å². The molecule has 4 aromatic rings. The number of hydrogen-bond donors (Lipinski definition) is 1. The maximum atomic E-state index is 13.5. The molecule has 0 bridgehead atoms. The van der Waals surface area contributed by atoms with E-state index in [1.807, 2.05) is 73.7 Å². The third-order valence-corrected chi connectivity index (χ3v) is 7.16. The Morgan fingerprint density at radius 3 is 2.45 bits per heavy atom. The number of rotatable bonds is 10.